The van der Waals surface area contributed by atoms with Gasteiger partial charge in [-0.2, -0.15) is 0 Å². The molecule has 0 aromatic carbocycles. The fourth-order valence-electron chi connectivity index (χ4n) is 1.29. The van der Waals surface area contributed by atoms with E-state index in [-0.39, 0.29) is 0 Å². The third-order valence-corrected chi connectivity index (χ3v) is 6.04. The summed E-state index contributed by atoms with van der Waals surface area (Å²) in [6.45, 7) is 9.13. The van der Waals surface area contributed by atoms with E-state index in [9.17, 15) is 0 Å². The third-order valence-electron chi connectivity index (χ3n) is 2.29. The standard InChI is InChI=1S/C9H22OSi/c1-6-9(4)11(10-5)7-8(2)3/h8-9,11H,6-7H2,1-5H3. The van der Waals surface area contributed by atoms with Crippen LogP contribution in [0.5, 0.6) is 0 Å². The van der Waals surface area contributed by atoms with E-state index in [0.29, 0.717) is 0 Å². The van der Waals surface area contributed by atoms with Crippen LogP contribution in [-0.4, -0.2) is 16.2 Å². The van der Waals surface area contributed by atoms with E-state index in [1.165, 1.54) is 12.5 Å². The molecule has 0 fully saturated rings. The van der Waals surface area contributed by atoms with E-state index >= 15 is 0 Å². The Labute approximate surface area is 72.9 Å². The first-order valence-corrected chi connectivity index (χ1v) is 6.60. The molecule has 0 N–H and O–H groups in total. The number of hydrogen-bond donors (Lipinski definition) is 0. The average molecular weight is 174 g/mol. The normalized spacial score (nSPS) is 16.9. The molecule has 0 spiro atoms. The van der Waals surface area contributed by atoms with Gasteiger partial charge in [-0.05, 0) is 17.5 Å². The van der Waals surface area contributed by atoms with Crippen LogP contribution in [0.15, 0.2) is 0 Å². The molecule has 0 aliphatic rings. The van der Waals surface area contributed by atoms with Crippen LogP contribution in [0.25, 0.3) is 0 Å². The lowest BCUT2D eigenvalue weighted by atomic mass is 10.3. The van der Waals surface area contributed by atoms with Crippen molar-refractivity contribution in [1.82, 2.24) is 0 Å². The molecule has 11 heavy (non-hydrogen) atoms. The zero-order valence-electron chi connectivity index (χ0n) is 8.55. The third kappa shape index (κ3) is 4.59. The van der Waals surface area contributed by atoms with Gasteiger partial charge in [0, 0.05) is 7.11 Å². The van der Waals surface area contributed by atoms with Crippen LogP contribution in [0, 0.1) is 5.92 Å². The molecule has 2 unspecified atom stereocenters. The Morgan fingerprint density at radius 3 is 2.09 bits per heavy atom. The van der Waals surface area contributed by atoms with Crippen molar-refractivity contribution in [3.8, 4) is 0 Å². The summed E-state index contributed by atoms with van der Waals surface area (Å²) in [6, 6.07) is 1.32. The van der Waals surface area contributed by atoms with Crippen LogP contribution in [0.2, 0.25) is 11.6 Å². The highest BCUT2D eigenvalue weighted by atomic mass is 28.3. The van der Waals surface area contributed by atoms with Crippen molar-refractivity contribution < 1.29 is 4.43 Å². The maximum absolute atomic E-state index is 5.55. The first-order chi connectivity index (χ1) is 5.11. The summed E-state index contributed by atoms with van der Waals surface area (Å²) in [7, 11) is 1.02. The molecule has 1 nitrogen and oxygen atoms in total. The Bertz CT molecular complexity index is 93.6. The van der Waals surface area contributed by atoms with Crippen molar-refractivity contribution >= 4 is 9.04 Å². The summed E-state index contributed by atoms with van der Waals surface area (Å²) in [6.07, 6.45) is 1.28. The molecule has 0 aliphatic carbocycles. The largest absolute Gasteiger partial charge is 0.423 e. The molecule has 0 aromatic heterocycles. The summed E-state index contributed by atoms with van der Waals surface area (Å²) in [4.78, 5) is 0. The Kier molecular flexibility index (Phi) is 5.87. The molecule has 0 aromatic rings. The molecule has 2 atom stereocenters. The fourth-order valence-corrected chi connectivity index (χ4v) is 3.87. The maximum Gasteiger partial charge on any atom is 0.179 e. The van der Waals surface area contributed by atoms with E-state index in [1.54, 1.807) is 0 Å². The lowest BCUT2D eigenvalue weighted by molar-refractivity contribution is 0.398. The minimum Gasteiger partial charge on any atom is -0.423 e. The monoisotopic (exact) mass is 174 g/mol. The van der Waals surface area contributed by atoms with Crippen molar-refractivity contribution in [2.75, 3.05) is 7.11 Å². The maximum atomic E-state index is 5.55. The molecule has 0 heterocycles. The molecule has 0 saturated heterocycles. The molecule has 68 valence electrons. The van der Waals surface area contributed by atoms with Gasteiger partial charge in [0.1, 0.15) is 0 Å². The predicted octanol–water partition coefficient (Wildman–Crippen LogP) is 2.81. The van der Waals surface area contributed by atoms with Gasteiger partial charge in [0.2, 0.25) is 0 Å². The Balaban J connectivity index is 3.74. The van der Waals surface area contributed by atoms with Gasteiger partial charge < -0.3 is 4.43 Å². The summed E-state index contributed by atoms with van der Waals surface area (Å²) < 4.78 is 5.55. The molecule has 2 heteroatoms. The van der Waals surface area contributed by atoms with Gasteiger partial charge in [0.05, 0.1) is 0 Å². The first-order valence-electron chi connectivity index (χ1n) is 4.64. The van der Waals surface area contributed by atoms with Crippen LogP contribution in [-0.2, 0) is 4.43 Å². The second-order valence-corrected chi connectivity index (χ2v) is 6.95. The van der Waals surface area contributed by atoms with Crippen molar-refractivity contribution in [3.63, 3.8) is 0 Å². The second-order valence-electron chi connectivity index (χ2n) is 3.79. The summed E-state index contributed by atoms with van der Waals surface area (Å²) in [5.41, 5.74) is 0.836. The van der Waals surface area contributed by atoms with Gasteiger partial charge in [0.25, 0.3) is 0 Å². The fraction of sp³-hybridized carbons (Fsp3) is 1.00. The quantitative estimate of drug-likeness (QED) is 0.582. The molecule has 0 aliphatic heterocycles. The molecule has 0 bridgehead atoms. The van der Waals surface area contributed by atoms with E-state index < -0.39 is 9.04 Å². The molecule has 0 saturated carbocycles. The zero-order valence-corrected chi connectivity index (χ0v) is 9.71. The van der Waals surface area contributed by atoms with Gasteiger partial charge >= 0.3 is 0 Å². The van der Waals surface area contributed by atoms with Crippen LogP contribution < -0.4 is 0 Å². The highest BCUT2D eigenvalue weighted by Crippen LogP contribution is 2.20. The smallest absolute Gasteiger partial charge is 0.179 e. The van der Waals surface area contributed by atoms with Crippen LogP contribution in [0.4, 0.5) is 0 Å². The summed E-state index contributed by atoms with van der Waals surface area (Å²) in [5, 5.41) is 0. The minimum absolute atomic E-state index is 0.806. The lowest BCUT2D eigenvalue weighted by Crippen LogP contribution is -2.23. The molecule has 0 rings (SSSR count). The molecular weight excluding hydrogens is 152 g/mol. The first kappa shape index (κ1) is 11.2. The van der Waals surface area contributed by atoms with E-state index in [1.807, 2.05) is 7.11 Å². The van der Waals surface area contributed by atoms with Crippen molar-refractivity contribution in [1.29, 1.82) is 0 Å². The highest BCUT2D eigenvalue weighted by Gasteiger charge is 2.18. The summed E-state index contributed by atoms with van der Waals surface area (Å²) >= 11 is 0. The molecule has 0 radical (unpaired) electrons. The van der Waals surface area contributed by atoms with E-state index in [2.05, 4.69) is 27.7 Å². The van der Waals surface area contributed by atoms with Gasteiger partial charge in [-0.1, -0.05) is 34.1 Å². The topological polar surface area (TPSA) is 9.23 Å². The minimum atomic E-state index is -0.865. The lowest BCUT2D eigenvalue weighted by Gasteiger charge is -2.20. The van der Waals surface area contributed by atoms with Gasteiger partial charge in [-0.3, -0.25) is 0 Å². The van der Waals surface area contributed by atoms with E-state index in [4.69, 9.17) is 4.43 Å². The van der Waals surface area contributed by atoms with Crippen LogP contribution in [0.1, 0.15) is 34.1 Å². The van der Waals surface area contributed by atoms with Crippen LogP contribution in [0.3, 0.4) is 0 Å². The van der Waals surface area contributed by atoms with Crippen molar-refractivity contribution in [3.05, 3.63) is 0 Å². The average Bonchev–Trinajstić information content (AvgIpc) is 1.98. The molecular formula is C9H22OSi. The summed E-state index contributed by atoms with van der Waals surface area (Å²) in [5.74, 6) is 0.806. The van der Waals surface area contributed by atoms with Crippen molar-refractivity contribution in [2.24, 2.45) is 5.92 Å². The van der Waals surface area contributed by atoms with Gasteiger partial charge in [-0.25, -0.2) is 0 Å². The molecule has 0 amide bonds. The predicted molar refractivity (Wildman–Crippen MR) is 53.5 cm³/mol. The second kappa shape index (κ2) is 5.78. The van der Waals surface area contributed by atoms with E-state index in [0.717, 1.165) is 11.5 Å². The Morgan fingerprint density at radius 1 is 1.27 bits per heavy atom. The van der Waals surface area contributed by atoms with Gasteiger partial charge in [-0.15, -0.1) is 0 Å². The van der Waals surface area contributed by atoms with Gasteiger partial charge in [0.15, 0.2) is 9.04 Å². The SMILES string of the molecule is CCC(C)[SiH](CC(C)C)OC. The number of hydrogen-bond acceptors (Lipinski definition) is 1. The highest BCUT2D eigenvalue weighted by molar-refractivity contribution is 6.53. The Hall–Kier alpha value is 0.177. The number of rotatable bonds is 5. The van der Waals surface area contributed by atoms with Crippen LogP contribution >= 0.6 is 0 Å². The Morgan fingerprint density at radius 2 is 1.82 bits per heavy atom. The zero-order chi connectivity index (χ0) is 8.85. The van der Waals surface area contributed by atoms with Crippen molar-refractivity contribution in [2.45, 2.75) is 45.7 Å².